The van der Waals surface area contributed by atoms with Crippen LogP contribution in [0.25, 0.3) is 0 Å². The predicted octanol–water partition coefficient (Wildman–Crippen LogP) is 5.40. The van der Waals surface area contributed by atoms with Gasteiger partial charge in [0, 0.05) is 42.1 Å². The van der Waals surface area contributed by atoms with Gasteiger partial charge in [-0.1, -0.05) is 34.1 Å². The van der Waals surface area contributed by atoms with Crippen LogP contribution in [-0.4, -0.2) is 26.9 Å². The first-order valence-electron chi connectivity index (χ1n) is 8.99. The van der Waals surface area contributed by atoms with E-state index in [4.69, 9.17) is 0 Å². The largest absolute Gasteiger partial charge is 0.416 e. The maximum atomic E-state index is 13.0. The summed E-state index contributed by atoms with van der Waals surface area (Å²) in [4.78, 5) is 18.7. The lowest BCUT2D eigenvalue weighted by Crippen LogP contribution is -2.32. The molecule has 152 valence electrons. The van der Waals surface area contributed by atoms with Gasteiger partial charge < -0.3 is 9.47 Å². The van der Waals surface area contributed by atoms with E-state index in [0.717, 1.165) is 16.6 Å². The van der Waals surface area contributed by atoms with Gasteiger partial charge in [-0.2, -0.15) is 13.2 Å². The molecule has 1 aromatic heterocycles. The Morgan fingerprint density at radius 2 is 1.90 bits per heavy atom. The molecular formula is C21H19BrF3N3O. The molecule has 0 spiro atoms. The predicted molar refractivity (Wildman–Crippen MR) is 107 cm³/mol. The Hall–Kier alpha value is -2.61. The average Bonchev–Trinajstić information content (AvgIpc) is 3.20. The van der Waals surface area contributed by atoms with Crippen LogP contribution in [0.15, 0.2) is 71.7 Å². The van der Waals surface area contributed by atoms with Crippen molar-refractivity contribution in [3.8, 4) is 0 Å². The summed E-state index contributed by atoms with van der Waals surface area (Å²) >= 11 is 3.36. The Bertz CT molecular complexity index is 941. The van der Waals surface area contributed by atoms with Crippen LogP contribution in [0.2, 0.25) is 0 Å². The Morgan fingerprint density at radius 1 is 1.14 bits per heavy atom. The van der Waals surface area contributed by atoms with Crippen molar-refractivity contribution >= 4 is 21.8 Å². The highest BCUT2D eigenvalue weighted by molar-refractivity contribution is 9.10. The van der Waals surface area contributed by atoms with E-state index in [1.54, 1.807) is 35.6 Å². The van der Waals surface area contributed by atoms with Gasteiger partial charge in [0.05, 0.1) is 11.9 Å². The number of benzene rings is 2. The third-order valence-corrected chi connectivity index (χ3v) is 4.91. The normalized spacial score (nSPS) is 11.4. The zero-order chi connectivity index (χ0) is 20.9. The number of nitrogens with zero attached hydrogens (tertiary/aromatic N) is 3. The molecule has 0 aliphatic carbocycles. The van der Waals surface area contributed by atoms with Crippen LogP contribution in [0.3, 0.4) is 0 Å². The van der Waals surface area contributed by atoms with Gasteiger partial charge in [-0.25, -0.2) is 4.98 Å². The zero-order valence-electron chi connectivity index (χ0n) is 15.4. The number of aromatic nitrogens is 2. The molecule has 0 radical (unpaired) electrons. The molecule has 0 aliphatic heterocycles. The Kier molecular flexibility index (Phi) is 6.74. The minimum atomic E-state index is -4.38. The number of amides is 1. The summed E-state index contributed by atoms with van der Waals surface area (Å²) in [6.45, 7) is 1.38. The lowest BCUT2D eigenvalue weighted by molar-refractivity contribution is -0.137. The van der Waals surface area contributed by atoms with Crippen molar-refractivity contribution in [3.05, 3.63) is 88.4 Å². The Morgan fingerprint density at radius 3 is 2.52 bits per heavy atom. The van der Waals surface area contributed by atoms with Crippen LogP contribution in [0.1, 0.15) is 27.9 Å². The second-order valence-electron chi connectivity index (χ2n) is 6.59. The molecule has 1 heterocycles. The fourth-order valence-corrected chi connectivity index (χ4v) is 3.34. The maximum Gasteiger partial charge on any atom is 0.416 e. The molecule has 0 saturated heterocycles. The summed E-state index contributed by atoms with van der Waals surface area (Å²) in [5, 5.41) is 0. The van der Waals surface area contributed by atoms with Crippen LogP contribution < -0.4 is 0 Å². The van der Waals surface area contributed by atoms with Gasteiger partial charge in [0.15, 0.2) is 0 Å². The molecule has 0 aliphatic rings. The van der Waals surface area contributed by atoms with Gasteiger partial charge in [-0.15, -0.1) is 0 Å². The lowest BCUT2D eigenvalue weighted by atomic mass is 10.1. The summed E-state index contributed by atoms with van der Waals surface area (Å²) in [5.41, 5.74) is 0.462. The van der Waals surface area contributed by atoms with Gasteiger partial charge >= 0.3 is 6.18 Å². The Balaban J connectivity index is 1.75. The van der Waals surface area contributed by atoms with Crippen molar-refractivity contribution in [3.63, 3.8) is 0 Å². The van der Waals surface area contributed by atoms with Crippen LogP contribution in [-0.2, 0) is 19.3 Å². The number of halogens is 4. The highest BCUT2D eigenvalue weighted by Crippen LogP contribution is 2.29. The summed E-state index contributed by atoms with van der Waals surface area (Å²) in [6, 6.07) is 12.0. The van der Waals surface area contributed by atoms with E-state index in [9.17, 15) is 18.0 Å². The Labute approximate surface area is 175 Å². The van der Waals surface area contributed by atoms with Crippen LogP contribution in [0.4, 0.5) is 13.2 Å². The molecule has 8 heteroatoms. The molecule has 4 nitrogen and oxygen atoms in total. The number of carbonyl (C=O) groups is 1. The fraction of sp³-hybridized carbons (Fsp3) is 0.238. The van der Waals surface area contributed by atoms with Crippen LogP contribution in [0, 0.1) is 0 Å². The topological polar surface area (TPSA) is 38.1 Å². The van der Waals surface area contributed by atoms with Gasteiger partial charge in [-0.05, 0) is 42.3 Å². The van der Waals surface area contributed by atoms with Crippen LogP contribution in [0.5, 0.6) is 0 Å². The molecule has 3 aromatic rings. The lowest BCUT2D eigenvalue weighted by Gasteiger charge is -2.23. The van der Waals surface area contributed by atoms with Crippen LogP contribution >= 0.6 is 15.9 Å². The molecule has 0 bridgehead atoms. The van der Waals surface area contributed by atoms with E-state index < -0.39 is 11.7 Å². The summed E-state index contributed by atoms with van der Waals surface area (Å²) in [5.74, 6) is -0.170. The molecule has 0 saturated carbocycles. The van der Waals surface area contributed by atoms with E-state index in [-0.39, 0.29) is 12.5 Å². The molecule has 0 fully saturated rings. The third-order valence-electron chi connectivity index (χ3n) is 4.42. The summed E-state index contributed by atoms with van der Waals surface area (Å²) in [6.07, 6.45) is 1.55. The highest BCUT2D eigenvalue weighted by atomic mass is 79.9. The smallest absolute Gasteiger partial charge is 0.337 e. The van der Waals surface area contributed by atoms with Gasteiger partial charge in [-0.3, -0.25) is 4.79 Å². The maximum absolute atomic E-state index is 13.0. The molecule has 2 aromatic carbocycles. The zero-order valence-corrected chi connectivity index (χ0v) is 17.0. The first-order chi connectivity index (χ1) is 13.8. The molecule has 1 amide bonds. The number of hydrogen-bond acceptors (Lipinski definition) is 2. The average molecular weight is 466 g/mol. The van der Waals surface area contributed by atoms with E-state index in [2.05, 4.69) is 20.9 Å². The van der Waals surface area contributed by atoms with Crippen molar-refractivity contribution in [2.75, 3.05) is 6.54 Å². The van der Waals surface area contributed by atoms with E-state index in [1.165, 1.54) is 12.1 Å². The van der Waals surface area contributed by atoms with E-state index in [0.29, 0.717) is 30.6 Å². The number of alkyl halides is 3. The quantitative estimate of drug-likeness (QED) is 0.468. The monoisotopic (exact) mass is 465 g/mol. The third kappa shape index (κ3) is 5.93. The van der Waals surface area contributed by atoms with E-state index in [1.807, 2.05) is 16.8 Å². The number of carbonyl (C=O) groups excluding carboxylic acids is 1. The minimum absolute atomic E-state index is 0.170. The van der Waals surface area contributed by atoms with Crippen molar-refractivity contribution in [2.45, 2.75) is 25.7 Å². The first-order valence-corrected chi connectivity index (χ1v) is 9.79. The van der Waals surface area contributed by atoms with Crippen molar-refractivity contribution < 1.29 is 18.0 Å². The molecule has 0 unspecified atom stereocenters. The highest BCUT2D eigenvalue weighted by Gasteiger charge is 2.30. The minimum Gasteiger partial charge on any atom is -0.337 e. The van der Waals surface area contributed by atoms with Crippen molar-refractivity contribution in [2.24, 2.45) is 0 Å². The van der Waals surface area contributed by atoms with Gasteiger partial charge in [0.2, 0.25) is 0 Å². The van der Waals surface area contributed by atoms with E-state index >= 15 is 0 Å². The van der Waals surface area contributed by atoms with Crippen molar-refractivity contribution in [1.82, 2.24) is 14.5 Å². The van der Waals surface area contributed by atoms with Gasteiger partial charge in [0.1, 0.15) is 0 Å². The summed E-state index contributed by atoms with van der Waals surface area (Å²) in [7, 11) is 0. The second-order valence-corrected chi connectivity index (χ2v) is 7.50. The number of imidazole rings is 1. The first kappa shape index (κ1) is 21.1. The number of hydrogen-bond donors (Lipinski definition) is 0. The second kappa shape index (κ2) is 9.26. The fourth-order valence-electron chi connectivity index (χ4n) is 2.94. The van der Waals surface area contributed by atoms with Crippen molar-refractivity contribution in [1.29, 1.82) is 0 Å². The number of aryl methyl sites for hydroxylation is 1. The molecule has 29 heavy (non-hydrogen) atoms. The summed E-state index contributed by atoms with van der Waals surface area (Å²) < 4.78 is 41.1. The molecule has 0 N–H and O–H groups in total. The van der Waals surface area contributed by atoms with Gasteiger partial charge in [0.25, 0.3) is 5.91 Å². The SMILES string of the molecule is O=C(c1cccc(Br)c1)N(CCCn1ccnc1)Cc1ccc(C(F)(F)F)cc1. The molecular weight excluding hydrogens is 447 g/mol. The standard InChI is InChI=1S/C21H19BrF3N3O/c22-19-4-1-3-17(13-19)20(29)28(11-2-10-27-12-9-26-15-27)14-16-5-7-18(8-6-16)21(23,24)25/h1,3-9,12-13,15H,2,10-11,14H2. The molecule has 3 rings (SSSR count). The molecule has 0 atom stereocenters. The number of rotatable bonds is 7.